The monoisotopic (exact) mass is 493 g/mol. The Bertz CT molecular complexity index is 1640. The molecule has 5 aromatic rings. The Balaban J connectivity index is 1.42. The Morgan fingerprint density at radius 1 is 0.857 bits per heavy atom. The molecule has 0 N–H and O–H groups in total. The van der Waals surface area contributed by atoms with Gasteiger partial charge in [-0.25, -0.2) is 0 Å². The van der Waals surface area contributed by atoms with E-state index in [1.54, 1.807) is 0 Å². The molecule has 0 saturated heterocycles. The van der Waals surface area contributed by atoms with Crippen LogP contribution in [0.4, 0.5) is 5.69 Å². The number of rotatable bonds is 5. The molecular formula is C31H29N2S2+. The van der Waals surface area contributed by atoms with Gasteiger partial charge < -0.3 is 4.90 Å². The number of aromatic nitrogens is 1. The Morgan fingerprint density at radius 3 is 2.17 bits per heavy atom. The zero-order valence-corrected chi connectivity index (χ0v) is 22.0. The van der Waals surface area contributed by atoms with Crippen LogP contribution in [0.15, 0.2) is 94.4 Å². The lowest BCUT2D eigenvalue weighted by molar-refractivity contribution is -0.665. The van der Waals surface area contributed by atoms with E-state index in [9.17, 15) is 0 Å². The second kappa shape index (κ2) is 9.18. The van der Waals surface area contributed by atoms with Gasteiger partial charge in [-0.2, -0.15) is 4.57 Å². The van der Waals surface area contributed by atoms with Crippen LogP contribution < -0.4 is 9.47 Å². The molecule has 1 aromatic heterocycles. The molecule has 1 aliphatic rings. The van der Waals surface area contributed by atoms with Crippen LogP contribution in [0.25, 0.3) is 37.8 Å². The van der Waals surface area contributed by atoms with Crippen molar-refractivity contribution in [2.45, 2.75) is 38.6 Å². The summed E-state index contributed by atoms with van der Waals surface area (Å²) in [6.07, 6.45) is 5.80. The molecule has 4 aromatic carbocycles. The van der Waals surface area contributed by atoms with Crippen LogP contribution in [-0.2, 0) is 6.54 Å². The van der Waals surface area contributed by atoms with Crippen molar-refractivity contribution in [3.8, 4) is 0 Å². The van der Waals surface area contributed by atoms with E-state index >= 15 is 0 Å². The molecule has 0 radical (unpaired) electrons. The fraction of sp³-hybridized carbons (Fsp3) is 0.194. The normalized spacial score (nSPS) is 15.1. The van der Waals surface area contributed by atoms with E-state index < -0.39 is 0 Å². The molecule has 0 spiro atoms. The quantitative estimate of drug-likeness (QED) is 0.226. The number of aryl methyl sites for hydroxylation is 1. The van der Waals surface area contributed by atoms with Crippen molar-refractivity contribution < 1.29 is 4.57 Å². The minimum Gasteiger partial charge on any atom is -0.335 e. The van der Waals surface area contributed by atoms with E-state index in [1.165, 1.54) is 58.0 Å². The fourth-order valence-corrected chi connectivity index (χ4v) is 7.47. The Kier molecular flexibility index (Phi) is 5.87. The van der Waals surface area contributed by atoms with Crippen molar-refractivity contribution in [1.29, 1.82) is 0 Å². The summed E-state index contributed by atoms with van der Waals surface area (Å²) >= 11 is 3.79. The molecule has 0 aliphatic carbocycles. The second-order valence-corrected chi connectivity index (χ2v) is 11.0. The molecule has 0 amide bonds. The van der Waals surface area contributed by atoms with Crippen LogP contribution in [-0.4, -0.2) is 6.54 Å². The van der Waals surface area contributed by atoms with E-state index in [1.807, 2.05) is 23.1 Å². The molecule has 0 atom stereocenters. The molecule has 0 saturated carbocycles. The number of allylic oxidation sites excluding steroid dienone is 2. The molecule has 174 valence electrons. The van der Waals surface area contributed by atoms with Gasteiger partial charge in [-0.3, -0.25) is 0 Å². The first-order valence-corrected chi connectivity index (χ1v) is 14.1. The SMILES string of the molecule is CCC(/C=C1\Sc2cc3ccccc3cc2N1CC)=C\c1sc2cc3ccccc3cc2[n+]1CC. The number of fused-ring (bicyclic) bond motifs is 4. The first kappa shape index (κ1) is 22.4. The smallest absolute Gasteiger partial charge is 0.263 e. The van der Waals surface area contributed by atoms with Gasteiger partial charge in [0.2, 0.25) is 5.52 Å². The van der Waals surface area contributed by atoms with Crippen molar-refractivity contribution in [2.24, 2.45) is 0 Å². The van der Waals surface area contributed by atoms with Crippen LogP contribution in [0.5, 0.6) is 0 Å². The number of benzene rings is 4. The predicted molar refractivity (Wildman–Crippen MR) is 154 cm³/mol. The van der Waals surface area contributed by atoms with Crippen molar-refractivity contribution in [3.05, 3.63) is 94.5 Å². The highest BCUT2D eigenvalue weighted by molar-refractivity contribution is 8.03. The molecular weight excluding hydrogens is 464 g/mol. The minimum absolute atomic E-state index is 0.964. The summed E-state index contributed by atoms with van der Waals surface area (Å²) in [5.74, 6) is 0. The average Bonchev–Trinajstić information content (AvgIpc) is 3.40. The van der Waals surface area contributed by atoms with Gasteiger partial charge >= 0.3 is 0 Å². The van der Waals surface area contributed by atoms with Crippen molar-refractivity contribution in [2.75, 3.05) is 11.4 Å². The fourth-order valence-electron chi connectivity index (χ4n) is 5.00. The lowest BCUT2D eigenvalue weighted by Crippen LogP contribution is -2.33. The standard InChI is InChI=1S/C31H29N2S2/c1-4-21(15-30-32(5-2)26-17-22-11-7-9-13-24(22)19-28(26)34-30)16-31-33(6-3)27-18-23-12-8-10-14-25(23)20-29(27)35-31/h7-20H,4-6H2,1-3H3/q+1. The number of nitrogens with zero attached hydrogens (tertiary/aromatic N) is 2. The maximum Gasteiger partial charge on any atom is 0.263 e. The molecule has 35 heavy (non-hydrogen) atoms. The lowest BCUT2D eigenvalue weighted by atomic mass is 10.1. The maximum absolute atomic E-state index is 2.46. The largest absolute Gasteiger partial charge is 0.335 e. The zero-order chi connectivity index (χ0) is 23.9. The Labute approximate surface area is 215 Å². The van der Waals surface area contributed by atoms with Gasteiger partial charge in [-0.05, 0) is 71.7 Å². The second-order valence-electron chi connectivity index (χ2n) is 8.92. The molecule has 4 heteroatoms. The van der Waals surface area contributed by atoms with Gasteiger partial charge in [-0.15, -0.1) is 0 Å². The van der Waals surface area contributed by atoms with Crippen LogP contribution in [0.3, 0.4) is 0 Å². The minimum atomic E-state index is 0.964. The van der Waals surface area contributed by atoms with E-state index in [4.69, 9.17) is 0 Å². The Morgan fingerprint density at radius 2 is 1.51 bits per heavy atom. The third-order valence-corrected chi connectivity index (χ3v) is 9.04. The van der Waals surface area contributed by atoms with Gasteiger partial charge in [0.1, 0.15) is 11.2 Å². The summed E-state index contributed by atoms with van der Waals surface area (Å²) in [7, 11) is 0. The summed E-state index contributed by atoms with van der Waals surface area (Å²) in [5.41, 5.74) is 4.02. The van der Waals surface area contributed by atoms with Gasteiger partial charge in [0.25, 0.3) is 5.01 Å². The molecule has 0 bridgehead atoms. The van der Waals surface area contributed by atoms with Gasteiger partial charge in [0, 0.05) is 23.6 Å². The van der Waals surface area contributed by atoms with Gasteiger partial charge in [0.05, 0.1) is 10.7 Å². The zero-order valence-electron chi connectivity index (χ0n) is 20.4. The highest BCUT2D eigenvalue weighted by Gasteiger charge is 2.25. The van der Waals surface area contributed by atoms with Crippen LogP contribution in [0.2, 0.25) is 0 Å². The van der Waals surface area contributed by atoms with E-state index in [0.29, 0.717) is 0 Å². The number of thioether (sulfide) groups is 1. The van der Waals surface area contributed by atoms with Crippen molar-refractivity contribution in [1.82, 2.24) is 0 Å². The van der Waals surface area contributed by atoms with E-state index in [-0.39, 0.29) is 0 Å². The third-order valence-electron chi connectivity index (χ3n) is 6.86. The topological polar surface area (TPSA) is 7.12 Å². The first-order chi connectivity index (χ1) is 17.2. The maximum atomic E-state index is 2.46. The number of hydrogen-bond acceptors (Lipinski definition) is 3. The molecule has 0 fully saturated rings. The molecule has 2 heterocycles. The first-order valence-electron chi connectivity index (χ1n) is 12.4. The van der Waals surface area contributed by atoms with Gasteiger partial charge in [0.15, 0.2) is 0 Å². The number of hydrogen-bond donors (Lipinski definition) is 0. The van der Waals surface area contributed by atoms with Crippen LogP contribution in [0.1, 0.15) is 32.2 Å². The summed E-state index contributed by atoms with van der Waals surface area (Å²) in [4.78, 5) is 3.81. The average molecular weight is 494 g/mol. The third kappa shape index (κ3) is 3.95. The summed E-state index contributed by atoms with van der Waals surface area (Å²) in [6, 6.07) is 26.7. The van der Waals surface area contributed by atoms with Crippen LogP contribution >= 0.6 is 23.1 Å². The number of thiazole rings is 1. The predicted octanol–water partition coefficient (Wildman–Crippen LogP) is 8.78. The lowest BCUT2D eigenvalue weighted by Gasteiger charge is -2.18. The van der Waals surface area contributed by atoms with Gasteiger partial charge in [-0.1, -0.05) is 78.6 Å². The van der Waals surface area contributed by atoms with Crippen LogP contribution in [0, 0.1) is 0 Å². The van der Waals surface area contributed by atoms with Crippen molar-refractivity contribution in [3.63, 3.8) is 0 Å². The highest BCUT2D eigenvalue weighted by atomic mass is 32.2. The highest BCUT2D eigenvalue weighted by Crippen LogP contribution is 2.48. The van der Waals surface area contributed by atoms with E-state index in [2.05, 4.69) is 115 Å². The number of anilines is 1. The van der Waals surface area contributed by atoms with Crippen molar-refractivity contribution >= 4 is 66.6 Å². The summed E-state index contributed by atoms with van der Waals surface area (Å²) in [5, 5.41) is 7.87. The Hall–Kier alpha value is -3.08. The summed E-state index contributed by atoms with van der Waals surface area (Å²) in [6.45, 7) is 8.68. The summed E-state index contributed by atoms with van der Waals surface area (Å²) < 4.78 is 3.81. The van der Waals surface area contributed by atoms with E-state index in [0.717, 1.165) is 19.5 Å². The molecule has 2 nitrogen and oxygen atoms in total. The molecule has 6 rings (SSSR count). The molecule has 0 unspecified atom stereocenters. The molecule has 1 aliphatic heterocycles.